The smallest absolute Gasteiger partial charge is 0.223 e. The van der Waals surface area contributed by atoms with Gasteiger partial charge in [-0.3, -0.25) is 14.5 Å². The zero-order valence-corrected chi connectivity index (χ0v) is 15.8. The van der Waals surface area contributed by atoms with Crippen molar-refractivity contribution < 1.29 is 9.32 Å². The number of aromatic nitrogens is 4. The number of hydrogen-bond acceptors (Lipinski definition) is 5. The third-order valence-electron chi connectivity index (χ3n) is 4.99. The van der Waals surface area contributed by atoms with Gasteiger partial charge in [0.15, 0.2) is 5.76 Å². The van der Waals surface area contributed by atoms with Crippen molar-refractivity contribution in [1.82, 2.24) is 25.2 Å². The number of aryl methyl sites for hydroxylation is 2. The molecule has 0 aromatic carbocycles. The van der Waals surface area contributed by atoms with Crippen LogP contribution in [-0.4, -0.2) is 32.4 Å². The Balaban J connectivity index is 1.59. The van der Waals surface area contributed by atoms with Crippen LogP contribution in [0.2, 0.25) is 0 Å². The topological polar surface area (TPSA) is 85.8 Å². The van der Waals surface area contributed by atoms with E-state index in [-0.39, 0.29) is 11.8 Å². The Bertz CT molecular complexity index is 957. The van der Waals surface area contributed by atoms with Gasteiger partial charge in [-0.05, 0) is 38.3 Å². The standard InChI is InChI=1S/C20H23N5O2/c1-12-8-16(12)20(26)21-6-7-25-19(15-5-4-13(2)22-10-15)17(11-23-25)18-9-14(3)24-27-18/h4-5,9-12,16H,6-8H2,1-3H3,(H,21,26)/t12-,16-/m0/s1. The summed E-state index contributed by atoms with van der Waals surface area (Å²) in [6.45, 7) is 7.05. The molecule has 1 N–H and O–H groups in total. The molecule has 0 saturated heterocycles. The van der Waals surface area contributed by atoms with Gasteiger partial charge in [-0.15, -0.1) is 0 Å². The van der Waals surface area contributed by atoms with E-state index >= 15 is 0 Å². The Morgan fingerprint density at radius 3 is 2.74 bits per heavy atom. The minimum Gasteiger partial charge on any atom is -0.356 e. The second-order valence-electron chi connectivity index (χ2n) is 7.26. The van der Waals surface area contributed by atoms with Gasteiger partial charge in [0.2, 0.25) is 5.91 Å². The minimum absolute atomic E-state index is 0.138. The summed E-state index contributed by atoms with van der Waals surface area (Å²) >= 11 is 0. The van der Waals surface area contributed by atoms with Crippen molar-refractivity contribution in [1.29, 1.82) is 0 Å². The van der Waals surface area contributed by atoms with E-state index in [1.165, 1.54) is 0 Å². The molecule has 0 bridgehead atoms. The number of carbonyl (C=O) groups is 1. The highest BCUT2D eigenvalue weighted by Crippen LogP contribution is 2.37. The first-order valence-electron chi connectivity index (χ1n) is 9.23. The number of nitrogens with zero attached hydrogens (tertiary/aromatic N) is 4. The summed E-state index contributed by atoms with van der Waals surface area (Å²) in [4.78, 5) is 16.5. The number of rotatable bonds is 6. The average Bonchev–Trinajstić information content (AvgIpc) is 3.03. The van der Waals surface area contributed by atoms with Gasteiger partial charge in [0.05, 0.1) is 29.7 Å². The lowest BCUT2D eigenvalue weighted by molar-refractivity contribution is -0.122. The van der Waals surface area contributed by atoms with Crippen LogP contribution in [0.4, 0.5) is 0 Å². The molecule has 1 saturated carbocycles. The van der Waals surface area contributed by atoms with Crippen molar-refractivity contribution in [2.45, 2.75) is 33.7 Å². The maximum absolute atomic E-state index is 12.1. The molecule has 1 aliphatic carbocycles. The van der Waals surface area contributed by atoms with E-state index in [2.05, 4.69) is 27.5 Å². The molecule has 140 valence electrons. The summed E-state index contributed by atoms with van der Waals surface area (Å²) in [6.07, 6.45) is 4.60. The maximum atomic E-state index is 12.1. The van der Waals surface area contributed by atoms with E-state index in [0.29, 0.717) is 24.8 Å². The van der Waals surface area contributed by atoms with Crippen molar-refractivity contribution in [3.63, 3.8) is 0 Å². The largest absolute Gasteiger partial charge is 0.356 e. The first kappa shape index (κ1) is 17.5. The van der Waals surface area contributed by atoms with Crippen LogP contribution >= 0.6 is 0 Å². The van der Waals surface area contributed by atoms with E-state index < -0.39 is 0 Å². The summed E-state index contributed by atoms with van der Waals surface area (Å²) < 4.78 is 7.34. The summed E-state index contributed by atoms with van der Waals surface area (Å²) in [7, 11) is 0. The normalized spacial score (nSPS) is 18.5. The van der Waals surface area contributed by atoms with Gasteiger partial charge < -0.3 is 9.84 Å². The number of nitrogens with one attached hydrogen (secondary N) is 1. The zero-order valence-electron chi connectivity index (χ0n) is 15.8. The van der Waals surface area contributed by atoms with Crippen LogP contribution in [0.5, 0.6) is 0 Å². The van der Waals surface area contributed by atoms with Crippen molar-refractivity contribution >= 4 is 5.91 Å². The fourth-order valence-electron chi connectivity index (χ4n) is 3.24. The summed E-state index contributed by atoms with van der Waals surface area (Å²) in [5.41, 5.74) is 4.49. The van der Waals surface area contributed by atoms with E-state index in [1.807, 2.05) is 42.9 Å². The first-order valence-corrected chi connectivity index (χ1v) is 9.23. The summed E-state index contributed by atoms with van der Waals surface area (Å²) in [5, 5.41) is 11.5. The molecule has 1 aliphatic rings. The monoisotopic (exact) mass is 365 g/mol. The molecular formula is C20H23N5O2. The highest BCUT2D eigenvalue weighted by atomic mass is 16.5. The Kier molecular flexibility index (Phi) is 4.51. The number of pyridine rings is 1. The molecule has 1 amide bonds. The average molecular weight is 365 g/mol. The van der Waals surface area contributed by atoms with Crippen molar-refractivity contribution in [3.05, 3.63) is 42.0 Å². The second-order valence-corrected chi connectivity index (χ2v) is 7.26. The molecule has 1 fully saturated rings. The molecule has 3 heterocycles. The second kappa shape index (κ2) is 6.98. The van der Waals surface area contributed by atoms with Crippen molar-refractivity contribution in [2.75, 3.05) is 6.54 Å². The van der Waals surface area contributed by atoms with Gasteiger partial charge in [-0.25, -0.2) is 0 Å². The minimum atomic E-state index is 0.138. The predicted molar refractivity (Wildman–Crippen MR) is 101 cm³/mol. The molecule has 7 nitrogen and oxygen atoms in total. The Labute approximate surface area is 157 Å². The van der Waals surface area contributed by atoms with Crippen LogP contribution in [0.3, 0.4) is 0 Å². The molecule has 4 rings (SSSR count). The van der Waals surface area contributed by atoms with Crippen LogP contribution in [-0.2, 0) is 11.3 Å². The third-order valence-corrected chi connectivity index (χ3v) is 4.99. The van der Waals surface area contributed by atoms with Gasteiger partial charge >= 0.3 is 0 Å². The molecular weight excluding hydrogens is 342 g/mol. The molecule has 3 aromatic rings. The van der Waals surface area contributed by atoms with E-state index in [4.69, 9.17) is 4.52 Å². The molecule has 0 radical (unpaired) electrons. The fourth-order valence-corrected chi connectivity index (χ4v) is 3.24. The van der Waals surface area contributed by atoms with Crippen molar-refractivity contribution in [3.8, 4) is 22.6 Å². The highest BCUT2D eigenvalue weighted by molar-refractivity contribution is 5.81. The van der Waals surface area contributed by atoms with E-state index in [0.717, 1.165) is 34.6 Å². The molecule has 2 atom stereocenters. The molecule has 0 spiro atoms. The lowest BCUT2D eigenvalue weighted by atomic mass is 10.1. The summed E-state index contributed by atoms with van der Waals surface area (Å²) in [6, 6.07) is 5.88. The molecule has 7 heteroatoms. The van der Waals surface area contributed by atoms with Crippen LogP contribution in [0.15, 0.2) is 35.1 Å². The molecule has 3 aromatic heterocycles. The molecule has 27 heavy (non-hydrogen) atoms. The van der Waals surface area contributed by atoms with Gasteiger partial charge in [0.25, 0.3) is 0 Å². The van der Waals surface area contributed by atoms with Crippen LogP contribution in [0.25, 0.3) is 22.6 Å². The van der Waals surface area contributed by atoms with Gasteiger partial charge in [-0.2, -0.15) is 5.10 Å². The van der Waals surface area contributed by atoms with Crippen LogP contribution < -0.4 is 5.32 Å². The Morgan fingerprint density at radius 1 is 1.30 bits per heavy atom. The zero-order chi connectivity index (χ0) is 19.0. The Morgan fingerprint density at radius 2 is 2.11 bits per heavy atom. The lowest BCUT2D eigenvalue weighted by Gasteiger charge is -2.10. The van der Waals surface area contributed by atoms with Gasteiger partial charge in [0.1, 0.15) is 0 Å². The molecule has 0 aliphatic heterocycles. The third kappa shape index (κ3) is 3.63. The van der Waals surface area contributed by atoms with Gasteiger partial charge in [0, 0.05) is 36.0 Å². The Hall–Kier alpha value is -2.96. The molecule has 0 unspecified atom stereocenters. The van der Waals surface area contributed by atoms with Crippen LogP contribution in [0.1, 0.15) is 24.7 Å². The van der Waals surface area contributed by atoms with E-state index in [9.17, 15) is 4.79 Å². The lowest BCUT2D eigenvalue weighted by Crippen LogP contribution is -2.29. The number of carbonyl (C=O) groups excluding carboxylic acids is 1. The SMILES string of the molecule is Cc1ccc(-c2c(-c3cc(C)no3)cnn2CCNC(=O)[C@H]2C[C@@H]2C)cn1. The predicted octanol–water partition coefficient (Wildman–Crippen LogP) is 2.99. The summed E-state index contributed by atoms with van der Waals surface area (Å²) in [5.74, 6) is 1.49. The number of amides is 1. The fraction of sp³-hybridized carbons (Fsp3) is 0.400. The highest BCUT2D eigenvalue weighted by Gasteiger charge is 2.38. The maximum Gasteiger partial charge on any atom is 0.223 e. The first-order chi connectivity index (χ1) is 13.0. The van der Waals surface area contributed by atoms with Crippen LogP contribution in [0, 0.1) is 25.7 Å². The van der Waals surface area contributed by atoms with Gasteiger partial charge in [-0.1, -0.05) is 12.1 Å². The van der Waals surface area contributed by atoms with E-state index in [1.54, 1.807) is 6.20 Å². The van der Waals surface area contributed by atoms with Crippen molar-refractivity contribution in [2.24, 2.45) is 11.8 Å². The quantitative estimate of drug-likeness (QED) is 0.726. The number of hydrogen-bond donors (Lipinski definition) is 1.